The molecule has 0 saturated carbocycles. The van der Waals surface area contributed by atoms with E-state index < -0.39 is 15.8 Å². The highest BCUT2D eigenvalue weighted by atomic mass is 79.9. The Hall–Kier alpha value is -0.500. The molecular weight excluding hydrogens is 347 g/mol. The SMILES string of the molecule is CCCN(C)S(=O)(=O)c1cc(Br)cc(CNCC)c1F. The van der Waals surface area contributed by atoms with Crippen molar-refractivity contribution in [2.45, 2.75) is 31.7 Å². The van der Waals surface area contributed by atoms with Gasteiger partial charge in [0.2, 0.25) is 10.0 Å². The second-order valence-corrected chi connectivity index (χ2v) is 7.41. The van der Waals surface area contributed by atoms with Gasteiger partial charge in [0, 0.05) is 30.2 Å². The maximum atomic E-state index is 14.4. The predicted octanol–water partition coefficient (Wildman–Crippen LogP) is 2.73. The maximum absolute atomic E-state index is 14.4. The van der Waals surface area contributed by atoms with Crippen LogP contribution in [-0.4, -0.2) is 32.9 Å². The monoisotopic (exact) mass is 366 g/mol. The van der Waals surface area contributed by atoms with Gasteiger partial charge < -0.3 is 5.32 Å². The van der Waals surface area contributed by atoms with Gasteiger partial charge in [0.25, 0.3) is 0 Å². The van der Waals surface area contributed by atoms with Crippen LogP contribution in [0.2, 0.25) is 0 Å². The van der Waals surface area contributed by atoms with E-state index in [1.165, 1.54) is 17.4 Å². The number of rotatable bonds is 7. The van der Waals surface area contributed by atoms with Crippen LogP contribution < -0.4 is 5.32 Å². The maximum Gasteiger partial charge on any atom is 0.245 e. The molecule has 1 aromatic rings. The van der Waals surface area contributed by atoms with Crippen LogP contribution >= 0.6 is 15.9 Å². The predicted molar refractivity (Wildman–Crippen MR) is 81.6 cm³/mol. The summed E-state index contributed by atoms with van der Waals surface area (Å²) in [5.74, 6) is -0.683. The van der Waals surface area contributed by atoms with Gasteiger partial charge in [0.05, 0.1) is 0 Å². The van der Waals surface area contributed by atoms with E-state index in [1.54, 1.807) is 6.07 Å². The van der Waals surface area contributed by atoms with E-state index in [0.29, 0.717) is 36.1 Å². The molecule has 20 heavy (non-hydrogen) atoms. The molecule has 7 heteroatoms. The van der Waals surface area contributed by atoms with Gasteiger partial charge in [-0.2, -0.15) is 0 Å². The van der Waals surface area contributed by atoms with Gasteiger partial charge in [-0.15, -0.1) is 0 Å². The topological polar surface area (TPSA) is 49.4 Å². The highest BCUT2D eigenvalue weighted by Gasteiger charge is 2.26. The van der Waals surface area contributed by atoms with Gasteiger partial charge in [-0.1, -0.05) is 29.8 Å². The highest BCUT2D eigenvalue weighted by molar-refractivity contribution is 9.10. The fourth-order valence-electron chi connectivity index (χ4n) is 1.80. The first-order chi connectivity index (χ1) is 9.34. The van der Waals surface area contributed by atoms with Crippen LogP contribution in [0.1, 0.15) is 25.8 Å². The highest BCUT2D eigenvalue weighted by Crippen LogP contribution is 2.26. The zero-order valence-corrected chi connectivity index (χ0v) is 14.3. The Morgan fingerprint density at radius 3 is 2.55 bits per heavy atom. The van der Waals surface area contributed by atoms with Gasteiger partial charge in [-0.3, -0.25) is 0 Å². The van der Waals surface area contributed by atoms with E-state index in [1.807, 2.05) is 13.8 Å². The summed E-state index contributed by atoms with van der Waals surface area (Å²) >= 11 is 3.24. The first-order valence-electron chi connectivity index (χ1n) is 6.49. The molecule has 0 aliphatic rings. The zero-order chi connectivity index (χ0) is 15.3. The summed E-state index contributed by atoms with van der Waals surface area (Å²) < 4.78 is 40.9. The van der Waals surface area contributed by atoms with E-state index in [2.05, 4.69) is 21.2 Å². The number of halogens is 2. The van der Waals surface area contributed by atoms with E-state index in [4.69, 9.17) is 0 Å². The summed E-state index contributed by atoms with van der Waals surface area (Å²) in [5.41, 5.74) is 0.338. The molecule has 0 heterocycles. The first kappa shape index (κ1) is 17.6. The summed E-state index contributed by atoms with van der Waals surface area (Å²) in [6.07, 6.45) is 0.676. The van der Waals surface area contributed by atoms with E-state index in [0.717, 1.165) is 0 Å². The molecule has 0 amide bonds. The second kappa shape index (κ2) is 7.49. The minimum atomic E-state index is -3.80. The lowest BCUT2D eigenvalue weighted by atomic mass is 10.2. The van der Waals surface area contributed by atoms with Crippen molar-refractivity contribution in [3.05, 3.63) is 28.0 Å². The van der Waals surface area contributed by atoms with Crippen molar-refractivity contribution in [2.24, 2.45) is 0 Å². The standard InChI is InChI=1S/C13H20BrFN2O2S/c1-4-6-17(3)20(18,19)12-8-11(14)7-10(13(12)15)9-16-5-2/h7-8,16H,4-6,9H2,1-3H3. The molecule has 0 radical (unpaired) electrons. The third-order valence-electron chi connectivity index (χ3n) is 2.87. The molecule has 0 saturated heterocycles. The molecule has 114 valence electrons. The summed E-state index contributed by atoms with van der Waals surface area (Å²) in [6.45, 7) is 5.12. The molecule has 0 fully saturated rings. The average Bonchev–Trinajstić information content (AvgIpc) is 2.39. The molecule has 1 rings (SSSR count). The van der Waals surface area contributed by atoms with Gasteiger partial charge in [0.1, 0.15) is 10.7 Å². The largest absolute Gasteiger partial charge is 0.313 e. The molecule has 0 atom stereocenters. The van der Waals surface area contributed by atoms with Crippen LogP contribution in [0.15, 0.2) is 21.5 Å². The third kappa shape index (κ3) is 4.00. The summed E-state index contributed by atoms with van der Waals surface area (Å²) in [5, 5.41) is 3.00. The summed E-state index contributed by atoms with van der Waals surface area (Å²) in [6, 6.07) is 2.91. The Kier molecular flexibility index (Phi) is 6.57. The van der Waals surface area contributed by atoms with Crippen LogP contribution in [0.5, 0.6) is 0 Å². The van der Waals surface area contributed by atoms with Gasteiger partial charge in [0.15, 0.2) is 0 Å². The van der Waals surface area contributed by atoms with Crippen molar-refractivity contribution in [2.75, 3.05) is 20.1 Å². The van der Waals surface area contributed by atoms with Gasteiger partial charge in [-0.25, -0.2) is 17.1 Å². The molecule has 1 N–H and O–H groups in total. The van der Waals surface area contributed by atoms with E-state index in [-0.39, 0.29) is 4.90 Å². The zero-order valence-electron chi connectivity index (χ0n) is 11.9. The average molecular weight is 367 g/mol. The lowest BCUT2D eigenvalue weighted by molar-refractivity contribution is 0.460. The first-order valence-corrected chi connectivity index (χ1v) is 8.72. The molecule has 4 nitrogen and oxygen atoms in total. The molecule has 0 unspecified atom stereocenters. The molecule has 1 aromatic carbocycles. The molecular formula is C13H20BrFN2O2S. The molecule has 0 aromatic heterocycles. The molecule has 0 aliphatic carbocycles. The van der Waals surface area contributed by atoms with Crippen LogP contribution in [0.3, 0.4) is 0 Å². The van der Waals surface area contributed by atoms with Gasteiger partial charge >= 0.3 is 0 Å². The summed E-state index contributed by atoms with van der Waals surface area (Å²) in [7, 11) is -2.34. The Morgan fingerprint density at radius 1 is 1.35 bits per heavy atom. The van der Waals surface area contributed by atoms with Crippen LogP contribution in [-0.2, 0) is 16.6 Å². The molecule has 0 spiro atoms. The van der Waals surface area contributed by atoms with Crippen molar-refractivity contribution < 1.29 is 12.8 Å². The normalized spacial score (nSPS) is 12.1. The van der Waals surface area contributed by atoms with E-state index in [9.17, 15) is 12.8 Å². The Morgan fingerprint density at radius 2 is 2.00 bits per heavy atom. The fourth-order valence-corrected chi connectivity index (χ4v) is 3.85. The minimum absolute atomic E-state index is 0.282. The number of hydrogen-bond acceptors (Lipinski definition) is 3. The van der Waals surface area contributed by atoms with Crippen molar-refractivity contribution in [3.63, 3.8) is 0 Å². The van der Waals surface area contributed by atoms with Crippen molar-refractivity contribution in [1.82, 2.24) is 9.62 Å². The third-order valence-corrected chi connectivity index (χ3v) is 5.19. The van der Waals surface area contributed by atoms with Crippen LogP contribution in [0.25, 0.3) is 0 Å². The number of nitrogens with one attached hydrogen (secondary N) is 1. The Bertz CT molecular complexity index is 564. The Balaban J connectivity index is 3.27. The quantitative estimate of drug-likeness (QED) is 0.806. The fraction of sp³-hybridized carbons (Fsp3) is 0.538. The van der Waals surface area contributed by atoms with Crippen molar-refractivity contribution in [1.29, 1.82) is 0 Å². The number of hydrogen-bond donors (Lipinski definition) is 1. The number of benzene rings is 1. The lowest BCUT2D eigenvalue weighted by Gasteiger charge is -2.18. The lowest BCUT2D eigenvalue weighted by Crippen LogP contribution is -2.29. The van der Waals surface area contributed by atoms with Crippen LogP contribution in [0.4, 0.5) is 4.39 Å². The number of nitrogens with zero attached hydrogens (tertiary/aromatic N) is 1. The molecule has 0 bridgehead atoms. The minimum Gasteiger partial charge on any atom is -0.313 e. The smallest absolute Gasteiger partial charge is 0.245 e. The Labute approximate surface area is 128 Å². The van der Waals surface area contributed by atoms with Gasteiger partial charge in [-0.05, 0) is 25.1 Å². The van der Waals surface area contributed by atoms with E-state index >= 15 is 0 Å². The summed E-state index contributed by atoms with van der Waals surface area (Å²) in [4.78, 5) is -0.282. The van der Waals surface area contributed by atoms with Crippen molar-refractivity contribution in [3.8, 4) is 0 Å². The van der Waals surface area contributed by atoms with Crippen molar-refractivity contribution >= 4 is 26.0 Å². The second-order valence-electron chi connectivity index (χ2n) is 4.48. The molecule has 0 aliphatic heterocycles. The van der Waals surface area contributed by atoms with Crippen LogP contribution in [0, 0.1) is 5.82 Å². The number of sulfonamides is 1.